The van der Waals surface area contributed by atoms with E-state index in [-0.39, 0.29) is 6.10 Å². The smallest absolute Gasteiger partial charge is 0.120 e. The maximum Gasteiger partial charge on any atom is 0.120 e. The third-order valence-electron chi connectivity index (χ3n) is 1.85. The number of ether oxygens (including phenoxy) is 1. The molecule has 1 atom stereocenters. The standard InChI is InChI=1S/C11H14N2O/c1-9(5-6-12)14-11-4-2-3-10(7-11)8-13/h2-4,7,9H,5,8,13H2,1H3. The maximum atomic E-state index is 8.47. The van der Waals surface area contributed by atoms with Crippen LogP contribution in [0.1, 0.15) is 18.9 Å². The molecule has 0 saturated carbocycles. The molecule has 0 aromatic heterocycles. The molecule has 0 aliphatic rings. The second-order valence-electron chi connectivity index (χ2n) is 3.14. The van der Waals surface area contributed by atoms with E-state index in [1.165, 1.54) is 0 Å². The monoisotopic (exact) mass is 190 g/mol. The number of hydrogen-bond acceptors (Lipinski definition) is 3. The number of hydrogen-bond donors (Lipinski definition) is 1. The number of nitrogens with two attached hydrogens (primary N) is 1. The molecule has 3 heteroatoms. The molecule has 0 fully saturated rings. The van der Waals surface area contributed by atoms with Crippen LogP contribution in [-0.2, 0) is 6.54 Å². The highest BCUT2D eigenvalue weighted by molar-refractivity contribution is 5.28. The van der Waals surface area contributed by atoms with Crippen LogP contribution in [-0.4, -0.2) is 6.10 Å². The van der Waals surface area contributed by atoms with E-state index >= 15 is 0 Å². The molecule has 74 valence electrons. The van der Waals surface area contributed by atoms with Gasteiger partial charge in [0, 0.05) is 6.54 Å². The fraction of sp³-hybridized carbons (Fsp3) is 0.364. The van der Waals surface area contributed by atoms with Crippen molar-refractivity contribution < 1.29 is 4.74 Å². The first kappa shape index (κ1) is 10.6. The Morgan fingerprint density at radius 2 is 2.36 bits per heavy atom. The summed E-state index contributed by atoms with van der Waals surface area (Å²) in [7, 11) is 0. The molecule has 0 aliphatic carbocycles. The van der Waals surface area contributed by atoms with E-state index in [0.29, 0.717) is 13.0 Å². The highest BCUT2D eigenvalue weighted by Gasteiger charge is 2.02. The van der Waals surface area contributed by atoms with E-state index in [4.69, 9.17) is 15.7 Å². The van der Waals surface area contributed by atoms with Crippen LogP contribution >= 0.6 is 0 Å². The summed E-state index contributed by atoms with van der Waals surface area (Å²) >= 11 is 0. The summed E-state index contributed by atoms with van der Waals surface area (Å²) in [6, 6.07) is 9.68. The van der Waals surface area contributed by atoms with Crippen molar-refractivity contribution in [3.8, 4) is 11.8 Å². The Morgan fingerprint density at radius 3 is 3.00 bits per heavy atom. The highest BCUT2D eigenvalue weighted by atomic mass is 16.5. The van der Waals surface area contributed by atoms with Gasteiger partial charge in [-0.05, 0) is 24.6 Å². The van der Waals surface area contributed by atoms with Crippen LogP contribution in [0.4, 0.5) is 0 Å². The first-order valence-corrected chi connectivity index (χ1v) is 4.59. The van der Waals surface area contributed by atoms with E-state index < -0.39 is 0 Å². The lowest BCUT2D eigenvalue weighted by Crippen LogP contribution is -2.10. The Balaban J connectivity index is 2.63. The van der Waals surface area contributed by atoms with Gasteiger partial charge in [-0.2, -0.15) is 5.26 Å². The van der Waals surface area contributed by atoms with Crippen molar-refractivity contribution in [3.63, 3.8) is 0 Å². The van der Waals surface area contributed by atoms with Crippen molar-refractivity contribution >= 4 is 0 Å². The van der Waals surface area contributed by atoms with Gasteiger partial charge in [-0.25, -0.2) is 0 Å². The number of nitriles is 1. The molecule has 0 heterocycles. The number of benzene rings is 1. The summed E-state index contributed by atoms with van der Waals surface area (Å²) in [4.78, 5) is 0. The van der Waals surface area contributed by atoms with Crippen LogP contribution in [0.5, 0.6) is 5.75 Å². The van der Waals surface area contributed by atoms with Crippen LogP contribution in [0.15, 0.2) is 24.3 Å². The van der Waals surface area contributed by atoms with Gasteiger partial charge < -0.3 is 10.5 Å². The van der Waals surface area contributed by atoms with Gasteiger partial charge in [0.25, 0.3) is 0 Å². The fourth-order valence-electron chi connectivity index (χ4n) is 1.15. The molecule has 3 nitrogen and oxygen atoms in total. The predicted molar refractivity (Wildman–Crippen MR) is 54.7 cm³/mol. The average molecular weight is 190 g/mol. The summed E-state index contributed by atoms with van der Waals surface area (Å²) in [6.45, 7) is 2.38. The first-order chi connectivity index (χ1) is 6.76. The molecule has 14 heavy (non-hydrogen) atoms. The molecule has 1 aromatic rings. The largest absolute Gasteiger partial charge is 0.490 e. The Morgan fingerprint density at radius 1 is 1.57 bits per heavy atom. The molecule has 1 aromatic carbocycles. The normalized spacial score (nSPS) is 11.8. The van der Waals surface area contributed by atoms with Crippen molar-refractivity contribution in [1.29, 1.82) is 5.26 Å². The van der Waals surface area contributed by atoms with E-state index in [1.54, 1.807) is 0 Å². The molecular weight excluding hydrogens is 176 g/mol. The minimum absolute atomic E-state index is 0.0759. The second kappa shape index (κ2) is 5.25. The quantitative estimate of drug-likeness (QED) is 0.787. The minimum Gasteiger partial charge on any atom is -0.490 e. The van der Waals surface area contributed by atoms with Crippen molar-refractivity contribution in [2.45, 2.75) is 26.0 Å². The second-order valence-corrected chi connectivity index (χ2v) is 3.14. The Bertz CT molecular complexity index is 330. The molecular formula is C11H14N2O. The van der Waals surface area contributed by atoms with Gasteiger partial charge in [-0.15, -0.1) is 0 Å². The van der Waals surface area contributed by atoms with Crippen LogP contribution in [0.3, 0.4) is 0 Å². The van der Waals surface area contributed by atoms with E-state index in [9.17, 15) is 0 Å². The minimum atomic E-state index is -0.0759. The van der Waals surface area contributed by atoms with Crippen LogP contribution in [0.25, 0.3) is 0 Å². The molecule has 0 bridgehead atoms. The molecule has 0 spiro atoms. The Kier molecular flexibility index (Phi) is 3.96. The molecule has 0 aliphatic heterocycles. The number of rotatable bonds is 4. The molecule has 2 N–H and O–H groups in total. The highest BCUT2D eigenvalue weighted by Crippen LogP contribution is 2.15. The maximum absolute atomic E-state index is 8.47. The Labute approximate surface area is 84.1 Å². The average Bonchev–Trinajstić information content (AvgIpc) is 2.18. The van der Waals surface area contributed by atoms with Gasteiger partial charge in [0.1, 0.15) is 11.9 Å². The summed E-state index contributed by atoms with van der Waals surface area (Å²) in [5.74, 6) is 0.774. The molecule has 1 rings (SSSR count). The van der Waals surface area contributed by atoms with E-state index in [1.807, 2.05) is 31.2 Å². The van der Waals surface area contributed by atoms with Crippen LogP contribution in [0.2, 0.25) is 0 Å². The lowest BCUT2D eigenvalue weighted by atomic mass is 10.2. The van der Waals surface area contributed by atoms with E-state index in [2.05, 4.69) is 6.07 Å². The lowest BCUT2D eigenvalue weighted by Gasteiger charge is -2.11. The predicted octanol–water partition coefficient (Wildman–Crippen LogP) is 1.83. The van der Waals surface area contributed by atoms with Gasteiger partial charge in [0.05, 0.1) is 12.5 Å². The third-order valence-corrected chi connectivity index (χ3v) is 1.85. The fourth-order valence-corrected chi connectivity index (χ4v) is 1.15. The van der Waals surface area contributed by atoms with Crippen LogP contribution < -0.4 is 10.5 Å². The molecule has 0 radical (unpaired) electrons. The van der Waals surface area contributed by atoms with Gasteiger partial charge in [-0.1, -0.05) is 12.1 Å². The van der Waals surface area contributed by atoms with Crippen LogP contribution in [0, 0.1) is 11.3 Å². The van der Waals surface area contributed by atoms with E-state index in [0.717, 1.165) is 11.3 Å². The van der Waals surface area contributed by atoms with Crippen molar-refractivity contribution in [2.75, 3.05) is 0 Å². The molecule has 0 saturated heterocycles. The van der Waals surface area contributed by atoms with Gasteiger partial charge >= 0.3 is 0 Å². The van der Waals surface area contributed by atoms with Gasteiger partial charge in [0.2, 0.25) is 0 Å². The molecule has 0 amide bonds. The summed E-state index contributed by atoms with van der Waals surface area (Å²) in [6.07, 6.45) is 0.320. The van der Waals surface area contributed by atoms with Crippen molar-refractivity contribution in [2.24, 2.45) is 5.73 Å². The summed E-state index contributed by atoms with van der Waals surface area (Å²) in [5, 5.41) is 8.47. The zero-order valence-corrected chi connectivity index (χ0v) is 8.23. The zero-order valence-electron chi connectivity index (χ0n) is 8.23. The van der Waals surface area contributed by atoms with Gasteiger partial charge in [0.15, 0.2) is 0 Å². The van der Waals surface area contributed by atoms with Crippen molar-refractivity contribution in [3.05, 3.63) is 29.8 Å². The SMILES string of the molecule is CC(CC#N)Oc1cccc(CN)c1. The van der Waals surface area contributed by atoms with Crippen molar-refractivity contribution in [1.82, 2.24) is 0 Å². The zero-order chi connectivity index (χ0) is 10.4. The third kappa shape index (κ3) is 3.08. The summed E-state index contributed by atoms with van der Waals surface area (Å²) in [5.41, 5.74) is 6.53. The van der Waals surface area contributed by atoms with Gasteiger partial charge in [-0.3, -0.25) is 0 Å². The topological polar surface area (TPSA) is 59.0 Å². The summed E-state index contributed by atoms with van der Waals surface area (Å²) < 4.78 is 5.52. The Hall–Kier alpha value is -1.53. The first-order valence-electron chi connectivity index (χ1n) is 4.59. The number of nitrogens with zero attached hydrogens (tertiary/aromatic N) is 1. The lowest BCUT2D eigenvalue weighted by molar-refractivity contribution is 0.227. The molecule has 1 unspecified atom stereocenters.